The number of benzene rings is 1. The maximum atomic E-state index is 14.1. The molecule has 100 valence electrons. The molecule has 0 amide bonds. The number of hydrogen-bond donors (Lipinski definition) is 1. The summed E-state index contributed by atoms with van der Waals surface area (Å²) in [6.45, 7) is 8.06. The molecular formula is C15H23FN2. The standard InChI is InChI=1S/C15H23FN2/c1-11(2)17-10-13-6-7-15(14(16)9-13)18-8-4-5-12(18)3/h6-7,9,11-12,17H,4-5,8,10H2,1-3H3. The first-order valence-corrected chi connectivity index (χ1v) is 6.86. The van der Waals surface area contributed by atoms with Crippen LogP contribution in [-0.4, -0.2) is 18.6 Å². The van der Waals surface area contributed by atoms with Crippen molar-refractivity contribution in [2.75, 3.05) is 11.4 Å². The van der Waals surface area contributed by atoms with Crippen molar-refractivity contribution in [2.45, 2.75) is 52.2 Å². The van der Waals surface area contributed by atoms with Crippen LogP contribution in [0.5, 0.6) is 0 Å². The van der Waals surface area contributed by atoms with Crippen molar-refractivity contribution in [3.8, 4) is 0 Å². The topological polar surface area (TPSA) is 15.3 Å². The van der Waals surface area contributed by atoms with Crippen molar-refractivity contribution < 1.29 is 4.39 Å². The molecule has 1 unspecified atom stereocenters. The molecule has 3 heteroatoms. The summed E-state index contributed by atoms with van der Waals surface area (Å²) in [4.78, 5) is 2.18. The predicted octanol–water partition coefficient (Wildman–Crippen LogP) is 3.31. The molecule has 0 aromatic heterocycles. The average Bonchev–Trinajstić information content (AvgIpc) is 2.73. The highest BCUT2D eigenvalue weighted by atomic mass is 19.1. The van der Waals surface area contributed by atoms with Crippen molar-refractivity contribution in [2.24, 2.45) is 0 Å². The number of rotatable bonds is 4. The maximum Gasteiger partial charge on any atom is 0.146 e. The zero-order chi connectivity index (χ0) is 13.1. The third kappa shape index (κ3) is 3.02. The van der Waals surface area contributed by atoms with Crippen molar-refractivity contribution in [1.29, 1.82) is 0 Å². The molecule has 18 heavy (non-hydrogen) atoms. The van der Waals surface area contributed by atoms with Gasteiger partial charge in [-0.3, -0.25) is 0 Å². The lowest BCUT2D eigenvalue weighted by molar-refractivity contribution is 0.579. The molecule has 1 heterocycles. The monoisotopic (exact) mass is 250 g/mol. The first kappa shape index (κ1) is 13.3. The van der Waals surface area contributed by atoms with Crippen molar-refractivity contribution >= 4 is 5.69 Å². The fraction of sp³-hybridized carbons (Fsp3) is 0.600. The van der Waals surface area contributed by atoms with E-state index in [1.807, 2.05) is 12.1 Å². The lowest BCUT2D eigenvalue weighted by Crippen LogP contribution is -2.27. The molecular weight excluding hydrogens is 227 g/mol. The summed E-state index contributed by atoms with van der Waals surface area (Å²) in [5, 5.41) is 3.31. The second-order valence-electron chi connectivity index (χ2n) is 5.51. The Hall–Kier alpha value is -1.09. The van der Waals surface area contributed by atoms with E-state index >= 15 is 0 Å². The van der Waals surface area contributed by atoms with E-state index in [1.165, 1.54) is 0 Å². The van der Waals surface area contributed by atoms with Crippen molar-refractivity contribution in [3.05, 3.63) is 29.6 Å². The highest BCUT2D eigenvalue weighted by Crippen LogP contribution is 2.28. The van der Waals surface area contributed by atoms with Gasteiger partial charge in [0.15, 0.2) is 0 Å². The number of nitrogens with one attached hydrogen (secondary N) is 1. The molecule has 1 saturated heterocycles. The molecule has 1 N–H and O–H groups in total. The largest absolute Gasteiger partial charge is 0.366 e. The molecule has 0 saturated carbocycles. The van der Waals surface area contributed by atoms with Gasteiger partial charge in [0.1, 0.15) is 5.82 Å². The van der Waals surface area contributed by atoms with E-state index in [2.05, 4.69) is 31.0 Å². The maximum absolute atomic E-state index is 14.1. The molecule has 2 nitrogen and oxygen atoms in total. The average molecular weight is 250 g/mol. The van der Waals surface area contributed by atoms with Gasteiger partial charge in [-0.1, -0.05) is 19.9 Å². The summed E-state index contributed by atoms with van der Waals surface area (Å²) < 4.78 is 14.1. The van der Waals surface area contributed by atoms with Gasteiger partial charge in [-0.2, -0.15) is 0 Å². The van der Waals surface area contributed by atoms with Gasteiger partial charge in [-0.05, 0) is 37.5 Å². The van der Waals surface area contributed by atoms with E-state index in [9.17, 15) is 4.39 Å². The highest BCUT2D eigenvalue weighted by molar-refractivity contribution is 5.50. The summed E-state index contributed by atoms with van der Waals surface area (Å²) in [5.74, 6) is -0.0909. The summed E-state index contributed by atoms with van der Waals surface area (Å²) in [6, 6.07) is 6.49. The van der Waals surface area contributed by atoms with E-state index in [-0.39, 0.29) is 5.82 Å². The third-order valence-corrected chi connectivity index (χ3v) is 3.59. The van der Waals surface area contributed by atoms with E-state index in [4.69, 9.17) is 0 Å². The van der Waals surface area contributed by atoms with Gasteiger partial charge in [0.25, 0.3) is 0 Å². The van der Waals surface area contributed by atoms with Crippen LogP contribution < -0.4 is 10.2 Å². The molecule has 2 rings (SSSR count). The van der Waals surface area contributed by atoms with Gasteiger partial charge < -0.3 is 10.2 Å². The van der Waals surface area contributed by atoms with E-state index < -0.39 is 0 Å². The van der Waals surface area contributed by atoms with Gasteiger partial charge in [-0.15, -0.1) is 0 Å². The molecule has 1 aliphatic rings. The Bertz CT molecular complexity index is 403. The van der Waals surface area contributed by atoms with Crippen LogP contribution in [0.15, 0.2) is 18.2 Å². The minimum Gasteiger partial charge on any atom is -0.366 e. The summed E-state index contributed by atoms with van der Waals surface area (Å²) in [6.07, 6.45) is 2.33. The fourth-order valence-electron chi connectivity index (χ4n) is 2.51. The third-order valence-electron chi connectivity index (χ3n) is 3.59. The lowest BCUT2D eigenvalue weighted by atomic mass is 10.1. The quantitative estimate of drug-likeness (QED) is 0.882. The van der Waals surface area contributed by atoms with Crippen LogP contribution in [0.25, 0.3) is 0 Å². The number of halogens is 1. The Labute approximate surface area is 109 Å². The molecule has 1 aliphatic heterocycles. The van der Waals surface area contributed by atoms with Crippen LogP contribution in [0.3, 0.4) is 0 Å². The van der Waals surface area contributed by atoms with Crippen molar-refractivity contribution in [1.82, 2.24) is 5.32 Å². The molecule has 0 spiro atoms. The molecule has 0 bridgehead atoms. The Morgan fingerprint density at radius 1 is 1.44 bits per heavy atom. The van der Waals surface area contributed by atoms with Crippen LogP contribution >= 0.6 is 0 Å². The Morgan fingerprint density at radius 2 is 2.22 bits per heavy atom. The molecule has 1 fully saturated rings. The van der Waals surface area contributed by atoms with E-state index in [0.717, 1.165) is 37.2 Å². The molecule has 1 aromatic rings. The van der Waals surface area contributed by atoms with Gasteiger partial charge in [0, 0.05) is 25.2 Å². The van der Waals surface area contributed by atoms with Gasteiger partial charge in [-0.25, -0.2) is 4.39 Å². The first-order chi connectivity index (χ1) is 8.58. The van der Waals surface area contributed by atoms with Crippen LogP contribution in [-0.2, 0) is 6.54 Å². The van der Waals surface area contributed by atoms with Gasteiger partial charge in [0.2, 0.25) is 0 Å². The first-order valence-electron chi connectivity index (χ1n) is 6.86. The number of anilines is 1. The van der Waals surface area contributed by atoms with E-state index in [0.29, 0.717) is 12.1 Å². The van der Waals surface area contributed by atoms with E-state index in [1.54, 1.807) is 6.07 Å². The minimum absolute atomic E-state index is 0.0909. The zero-order valence-electron chi connectivity index (χ0n) is 11.5. The van der Waals surface area contributed by atoms with Gasteiger partial charge in [0.05, 0.1) is 5.69 Å². The normalized spacial score (nSPS) is 19.8. The van der Waals surface area contributed by atoms with Crippen LogP contribution in [0, 0.1) is 5.82 Å². The Kier molecular flexibility index (Phi) is 4.23. The molecule has 0 aliphatic carbocycles. The second kappa shape index (κ2) is 5.70. The van der Waals surface area contributed by atoms with Crippen molar-refractivity contribution in [3.63, 3.8) is 0 Å². The molecule has 1 aromatic carbocycles. The second-order valence-corrected chi connectivity index (χ2v) is 5.51. The summed E-state index contributed by atoms with van der Waals surface area (Å²) in [5.41, 5.74) is 1.77. The van der Waals surface area contributed by atoms with Crippen LogP contribution in [0.1, 0.15) is 39.2 Å². The fourth-order valence-corrected chi connectivity index (χ4v) is 2.51. The van der Waals surface area contributed by atoms with Crippen LogP contribution in [0.2, 0.25) is 0 Å². The highest BCUT2D eigenvalue weighted by Gasteiger charge is 2.22. The zero-order valence-corrected chi connectivity index (χ0v) is 11.5. The lowest BCUT2D eigenvalue weighted by Gasteiger charge is -2.24. The Morgan fingerprint density at radius 3 is 2.78 bits per heavy atom. The Balaban J connectivity index is 2.09. The smallest absolute Gasteiger partial charge is 0.146 e. The summed E-state index contributed by atoms with van der Waals surface area (Å²) >= 11 is 0. The number of nitrogens with zero attached hydrogens (tertiary/aromatic N) is 1. The SMILES string of the molecule is CC(C)NCc1ccc(N2CCCC2C)c(F)c1. The molecule has 1 atom stereocenters. The number of hydrogen-bond acceptors (Lipinski definition) is 2. The molecule has 0 radical (unpaired) electrons. The predicted molar refractivity (Wildman–Crippen MR) is 74.4 cm³/mol. The summed E-state index contributed by atoms with van der Waals surface area (Å²) in [7, 11) is 0. The van der Waals surface area contributed by atoms with Crippen LogP contribution in [0.4, 0.5) is 10.1 Å². The minimum atomic E-state index is -0.0909. The van der Waals surface area contributed by atoms with Gasteiger partial charge >= 0.3 is 0 Å².